The molecule has 0 saturated heterocycles. The standard InChI is InChI=1S/C10H22N2O4S2/c1-8(4-6-17(2)14)12-10(13)9(11)5-7-18(3,15)16/h8-9H,4-7,11H2,1-3H3,(H,12,13). The highest BCUT2D eigenvalue weighted by atomic mass is 32.2. The first-order valence-corrected chi connectivity index (χ1v) is 9.44. The average Bonchev–Trinajstić information content (AvgIpc) is 2.21. The van der Waals surface area contributed by atoms with Crippen molar-refractivity contribution < 1.29 is 17.4 Å². The minimum absolute atomic E-state index is 0.102. The van der Waals surface area contributed by atoms with Crippen LogP contribution in [0.15, 0.2) is 0 Å². The lowest BCUT2D eigenvalue weighted by atomic mass is 10.2. The van der Waals surface area contributed by atoms with Gasteiger partial charge in [0.05, 0.1) is 11.8 Å². The zero-order valence-electron chi connectivity index (χ0n) is 11.0. The first-order chi connectivity index (χ1) is 8.11. The SMILES string of the molecule is CC(CCS(C)=O)NC(=O)C(N)CCS(C)(=O)=O. The molecule has 8 heteroatoms. The molecule has 0 spiro atoms. The summed E-state index contributed by atoms with van der Waals surface area (Å²) in [7, 11) is -3.99. The summed E-state index contributed by atoms with van der Waals surface area (Å²) in [4.78, 5) is 11.6. The summed E-state index contributed by atoms with van der Waals surface area (Å²) >= 11 is 0. The summed E-state index contributed by atoms with van der Waals surface area (Å²) in [6, 6.07) is -0.944. The molecule has 0 saturated carbocycles. The fourth-order valence-electron chi connectivity index (χ4n) is 1.24. The van der Waals surface area contributed by atoms with Crippen LogP contribution >= 0.6 is 0 Å². The van der Waals surface area contributed by atoms with Crippen LogP contribution in [0.5, 0.6) is 0 Å². The number of carbonyl (C=O) groups is 1. The predicted octanol–water partition coefficient (Wildman–Crippen LogP) is -0.978. The van der Waals surface area contributed by atoms with E-state index >= 15 is 0 Å². The Kier molecular flexibility index (Phi) is 7.65. The Hall–Kier alpha value is -0.470. The lowest BCUT2D eigenvalue weighted by Crippen LogP contribution is -2.45. The molecule has 0 aliphatic rings. The molecule has 6 nitrogen and oxygen atoms in total. The van der Waals surface area contributed by atoms with Crippen LogP contribution in [-0.2, 0) is 25.4 Å². The highest BCUT2D eigenvalue weighted by molar-refractivity contribution is 7.90. The fraction of sp³-hybridized carbons (Fsp3) is 0.900. The van der Waals surface area contributed by atoms with Gasteiger partial charge in [-0.25, -0.2) is 8.42 Å². The number of hydrogen-bond acceptors (Lipinski definition) is 5. The highest BCUT2D eigenvalue weighted by Crippen LogP contribution is 1.97. The number of hydrogen-bond donors (Lipinski definition) is 2. The van der Waals surface area contributed by atoms with Gasteiger partial charge in [-0.1, -0.05) is 0 Å². The molecule has 0 heterocycles. The van der Waals surface area contributed by atoms with Gasteiger partial charge in [-0.2, -0.15) is 0 Å². The molecule has 3 atom stereocenters. The van der Waals surface area contributed by atoms with Gasteiger partial charge in [0.15, 0.2) is 0 Å². The van der Waals surface area contributed by atoms with Crippen molar-refractivity contribution in [2.24, 2.45) is 5.73 Å². The normalized spacial score (nSPS) is 16.9. The largest absolute Gasteiger partial charge is 0.352 e. The van der Waals surface area contributed by atoms with Crippen LogP contribution in [0, 0.1) is 0 Å². The van der Waals surface area contributed by atoms with E-state index in [1.54, 1.807) is 13.2 Å². The molecule has 3 N–H and O–H groups in total. The molecule has 0 aliphatic heterocycles. The summed E-state index contributed by atoms with van der Waals surface area (Å²) in [5.41, 5.74) is 5.59. The van der Waals surface area contributed by atoms with Gasteiger partial charge >= 0.3 is 0 Å². The molecule has 108 valence electrons. The Morgan fingerprint density at radius 1 is 1.39 bits per heavy atom. The van der Waals surface area contributed by atoms with E-state index in [-0.39, 0.29) is 24.1 Å². The van der Waals surface area contributed by atoms with Gasteiger partial charge in [-0.05, 0) is 19.8 Å². The third-order valence-electron chi connectivity index (χ3n) is 2.36. The molecule has 1 amide bonds. The van der Waals surface area contributed by atoms with E-state index in [0.717, 1.165) is 6.26 Å². The van der Waals surface area contributed by atoms with Gasteiger partial charge in [0.2, 0.25) is 5.91 Å². The topological polar surface area (TPSA) is 106 Å². The van der Waals surface area contributed by atoms with Gasteiger partial charge in [0.25, 0.3) is 0 Å². The predicted molar refractivity (Wildman–Crippen MR) is 73.5 cm³/mol. The van der Waals surface area contributed by atoms with E-state index in [4.69, 9.17) is 5.73 Å². The van der Waals surface area contributed by atoms with Gasteiger partial charge in [0.1, 0.15) is 9.84 Å². The van der Waals surface area contributed by atoms with Crippen molar-refractivity contribution in [2.45, 2.75) is 31.8 Å². The van der Waals surface area contributed by atoms with Crippen LogP contribution in [0.4, 0.5) is 0 Å². The summed E-state index contributed by atoms with van der Waals surface area (Å²) in [5, 5.41) is 2.68. The molecule has 0 radical (unpaired) electrons. The molecule has 0 aliphatic carbocycles. The lowest BCUT2D eigenvalue weighted by molar-refractivity contribution is -0.123. The number of amides is 1. The van der Waals surface area contributed by atoms with Crippen molar-refractivity contribution in [3.8, 4) is 0 Å². The molecule has 18 heavy (non-hydrogen) atoms. The van der Waals surface area contributed by atoms with Crippen LogP contribution in [0.2, 0.25) is 0 Å². The number of carbonyl (C=O) groups excluding carboxylic acids is 1. The van der Waals surface area contributed by atoms with Crippen molar-refractivity contribution in [2.75, 3.05) is 24.0 Å². The molecule has 0 aromatic rings. The minimum atomic E-state index is -3.10. The third kappa shape index (κ3) is 9.55. The summed E-state index contributed by atoms with van der Waals surface area (Å²) in [6.45, 7) is 1.80. The zero-order valence-corrected chi connectivity index (χ0v) is 12.6. The summed E-state index contributed by atoms with van der Waals surface area (Å²) in [6.07, 6.45) is 3.42. The van der Waals surface area contributed by atoms with E-state index in [2.05, 4.69) is 5.32 Å². The molecule has 3 unspecified atom stereocenters. The Labute approximate surface area is 111 Å². The van der Waals surface area contributed by atoms with Crippen molar-refractivity contribution >= 4 is 26.5 Å². The number of nitrogens with two attached hydrogens (primary N) is 1. The number of sulfone groups is 1. The van der Waals surface area contributed by atoms with Crippen LogP contribution in [0.1, 0.15) is 19.8 Å². The van der Waals surface area contributed by atoms with Crippen LogP contribution in [-0.4, -0.2) is 54.6 Å². The summed E-state index contributed by atoms with van der Waals surface area (Å²) < 4.78 is 32.8. The molecule has 0 aromatic carbocycles. The van der Waals surface area contributed by atoms with Crippen molar-refractivity contribution in [1.82, 2.24) is 5.32 Å². The Balaban J connectivity index is 4.04. The van der Waals surface area contributed by atoms with Crippen molar-refractivity contribution in [1.29, 1.82) is 0 Å². The average molecular weight is 298 g/mol. The van der Waals surface area contributed by atoms with Crippen LogP contribution in [0.3, 0.4) is 0 Å². The van der Waals surface area contributed by atoms with E-state index in [1.165, 1.54) is 0 Å². The van der Waals surface area contributed by atoms with Crippen LogP contribution < -0.4 is 11.1 Å². The number of rotatable bonds is 8. The molecular formula is C10H22N2O4S2. The van der Waals surface area contributed by atoms with E-state index in [0.29, 0.717) is 12.2 Å². The third-order valence-corrected chi connectivity index (χ3v) is 4.15. The van der Waals surface area contributed by atoms with Gasteiger partial charge < -0.3 is 11.1 Å². The Bertz CT molecular complexity index is 395. The van der Waals surface area contributed by atoms with Gasteiger partial charge in [-0.3, -0.25) is 9.00 Å². The molecule has 0 bridgehead atoms. The van der Waals surface area contributed by atoms with E-state index in [1.807, 2.05) is 0 Å². The van der Waals surface area contributed by atoms with Crippen molar-refractivity contribution in [3.63, 3.8) is 0 Å². The first-order valence-electron chi connectivity index (χ1n) is 5.65. The van der Waals surface area contributed by atoms with E-state index in [9.17, 15) is 17.4 Å². The molecular weight excluding hydrogens is 276 g/mol. The lowest BCUT2D eigenvalue weighted by Gasteiger charge is -2.16. The van der Waals surface area contributed by atoms with Crippen LogP contribution in [0.25, 0.3) is 0 Å². The minimum Gasteiger partial charge on any atom is -0.352 e. The fourth-order valence-corrected chi connectivity index (χ4v) is 2.60. The Morgan fingerprint density at radius 2 is 1.94 bits per heavy atom. The van der Waals surface area contributed by atoms with Gasteiger partial charge in [0, 0.05) is 35.1 Å². The summed E-state index contributed by atoms with van der Waals surface area (Å²) in [5.74, 6) is 0.0441. The zero-order chi connectivity index (χ0) is 14.3. The second kappa shape index (κ2) is 7.85. The molecule has 0 rings (SSSR count). The smallest absolute Gasteiger partial charge is 0.237 e. The maximum absolute atomic E-state index is 11.6. The van der Waals surface area contributed by atoms with E-state index < -0.39 is 26.7 Å². The Morgan fingerprint density at radius 3 is 2.39 bits per heavy atom. The van der Waals surface area contributed by atoms with Gasteiger partial charge in [-0.15, -0.1) is 0 Å². The van der Waals surface area contributed by atoms with Crippen molar-refractivity contribution in [3.05, 3.63) is 0 Å². The highest BCUT2D eigenvalue weighted by Gasteiger charge is 2.17. The molecule has 0 fully saturated rings. The monoisotopic (exact) mass is 298 g/mol. The maximum atomic E-state index is 11.6. The number of nitrogens with one attached hydrogen (secondary N) is 1. The quantitative estimate of drug-likeness (QED) is 0.599. The second-order valence-electron chi connectivity index (χ2n) is 4.50. The second-order valence-corrected chi connectivity index (χ2v) is 8.32. The molecule has 0 aromatic heterocycles. The first kappa shape index (κ1) is 17.5. The maximum Gasteiger partial charge on any atom is 0.237 e.